The number of nitrogens with zero attached hydrogens (tertiary/aromatic N) is 1. The summed E-state index contributed by atoms with van der Waals surface area (Å²) in [4.78, 5) is 2.65. The summed E-state index contributed by atoms with van der Waals surface area (Å²) in [5.74, 6) is 1.56. The zero-order valence-corrected chi connectivity index (χ0v) is 21.1. The van der Waals surface area contributed by atoms with Gasteiger partial charge in [-0.3, -0.25) is 0 Å². The standard InChI is InChI=1S/C24H33NO2.C2H6O3S/c1-25-21(13-7-19-9-15-23(26-2)16-10-19)5-4-6-22(25)14-8-20-11-17-24(27-3)18-12-20;1-2-6(3,4)5/h9-12,15-18,21-22H,4-8,13-14H2,1-3H3;2H2,1H3,(H,3,4,5)/p-1. The van der Waals surface area contributed by atoms with E-state index in [1.54, 1.807) is 14.2 Å². The Bertz CT molecular complexity index is 853. The Balaban J connectivity index is 0.000000569. The van der Waals surface area contributed by atoms with E-state index in [0.29, 0.717) is 12.1 Å². The highest BCUT2D eigenvalue weighted by Crippen LogP contribution is 2.28. The van der Waals surface area contributed by atoms with E-state index in [4.69, 9.17) is 9.47 Å². The molecule has 1 aliphatic rings. The van der Waals surface area contributed by atoms with Crippen LogP contribution in [0.3, 0.4) is 0 Å². The molecule has 2 atom stereocenters. The van der Waals surface area contributed by atoms with Crippen LogP contribution >= 0.6 is 0 Å². The third-order valence-corrected chi connectivity index (χ3v) is 7.14. The number of likely N-dealkylation sites (tertiary alicyclic amines) is 1. The SMILES string of the molecule is CCS(=O)(=O)[O-].COc1ccc(CCC2CCCC(CCc3ccc(OC)cc3)N2C)cc1. The van der Waals surface area contributed by atoms with E-state index in [9.17, 15) is 13.0 Å². The Morgan fingerprint density at radius 2 is 1.21 bits per heavy atom. The lowest BCUT2D eigenvalue weighted by Gasteiger charge is -2.40. The van der Waals surface area contributed by atoms with Crippen LogP contribution in [0.1, 0.15) is 50.2 Å². The molecule has 0 N–H and O–H groups in total. The van der Waals surface area contributed by atoms with Gasteiger partial charge in [0.25, 0.3) is 0 Å². The highest BCUT2D eigenvalue weighted by atomic mass is 32.2. The third kappa shape index (κ3) is 9.74. The fraction of sp³-hybridized carbons (Fsp3) is 0.538. The van der Waals surface area contributed by atoms with Gasteiger partial charge in [-0.15, -0.1) is 0 Å². The normalized spacial score (nSPS) is 18.8. The van der Waals surface area contributed by atoms with Crippen LogP contribution < -0.4 is 9.47 Å². The number of aryl methyl sites for hydroxylation is 2. The summed E-state index contributed by atoms with van der Waals surface area (Å²) in [6, 6.07) is 18.4. The lowest BCUT2D eigenvalue weighted by Crippen LogP contribution is -2.44. The van der Waals surface area contributed by atoms with Crippen LogP contribution in [0.15, 0.2) is 48.5 Å². The first-order chi connectivity index (χ1) is 15.8. The van der Waals surface area contributed by atoms with E-state index in [2.05, 4.69) is 60.5 Å². The van der Waals surface area contributed by atoms with Gasteiger partial charge in [0.05, 0.1) is 24.3 Å². The van der Waals surface area contributed by atoms with Crippen LogP contribution in [-0.4, -0.2) is 57.0 Å². The molecule has 0 aliphatic carbocycles. The third-order valence-electron chi connectivity index (χ3n) is 6.43. The zero-order chi connectivity index (χ0) is 24.3. The second kappa shape index (κ2) is 13.6. The van der Waals surface area contributed by atoms with Gasteiger partial charge >= 0.3 is 0 Å². The summed E-state index contributed by atoms with van der Waals surface area (Å²) in [6.07, 6.45) is 8.76. The molecular weight excluding hydrogens is 438 g/mol. The topological polar surface area (TPSA) is 78.9 Å². The molecule has 0 saturated carbocycles. The predicted molar refractivity (Wildman–Crippen MR) is 132 cm³/mol. The van der Waals surface area contributed by atoms with E-state index in [1.165, 1.54) is 50.2 Å². The first kappa shape index (κ1) is 27.2. The maximum absolute atomic E-state index is 9.44. The van der Waals surface area contributed by atoms with E-state index in [1.807, 2.05) is 0 Å². The summed E-state index contributed by atoms with van der Waals surface area (Å²) in [6.45, 7) is 1.31. The Hall–Kier alpha value is -2.09. The van der Waals surface area contributed by atoms with E-state index < -0.39 is 10.1 Å². The molecule has 1 fully saturated rings. The van der Waals surface area contributed by atoms with Gasteiger partial charge in [-0.2, -0.15) is 0 Å². The lowest BCUT2D eigenvalue weighted by molar-refractivity contribution is 0.103. The Morgan fingerprint density at radius 3 is 1.52 bits per heavy atom. The molecule has 2 unspecified atom stereocenters. The first-order valence-electron chi connectivity index (χ1n) is 11.7. The molecule has 3 rings (SSSR count). The molecule has 0 bridgehead atoms. The van der Waals surface area contributed by atoms with Crippen molar-refractivity contribution in [3.05, 3.63) is 59.7 Å². The fourth-order valence-corrected chi connectivity index (χ4v) is 4.24. The van der Waals surface area contributed by atoms with Crippen molar-refractivity contribution in [2.24, 2.45) is 0 Å². The minimum absolute atomic E-state index is 0.312. The number of ether oxygens (including phenoxy) is 2. The van der Waals surface area contributed by atoms with Crippen LogP contribution in [0.2, 0.25) is 0 Å². The van der Waals surface area contributed by atoms with Crippen molar-refractivity contribution < 1.29 is 22.4 Å². The van der Waals surface area contributed by atoms with Gasteiger partial charge in [0.15, 0.2) is 0 Å². The van der Waals surface area contributed by atoms with E-state index in [-0.39, 0.29) is 5.75 Å². The number of hydrogen-bond acceptors (Lipinski definition) is 6. The van der Waals surface area contributed by atoms with Crippen molar-refractivity contribution in [1.29, 1.82) is 0 Å². The summed E-state index contributed by atoms with van der Waals surface area (Å²) >= 11 is 0. The van der Waals surface area contributed by atoms with Gasteiger partial charge in [0, 0.05) is 17.8 Å². The average molecular weight is 477 g/mol. The van der Waals surface area contributed by atoms with Gasteiger partial charge in [0.2, 0.25) is 0 Å². The minimum atomic E-state index is -3.91. The number of piperidine rings is 1. The molecule has 184 valence electrons. The first-order valence-corrected chi connectivity index (χ1v) is 13.2. The molecule has 6 nitrogen and oxygen atoms in total. The van der Waals surface area contributed by atoms with E-state index >= 15 is 0 Å². The van der Waals surface area contributed by atoms with Crippen molar-refractivity contribution in [2.45, 2.75) is 64.0 Å². The number of methoxy groups -OCH3 is 2. The van der Waals surface area contributed by atoms with Crippen molar-refractivity contribution in [3.8, 4) is 11.5 Å². The molecule has 0 spiro atoms. The molecule has 1 heterocycles. The van der Waals surface area contributed by atoms with E-state index in [0.717, 1.165) is 24.3 Å². The average Bonchev–Trinajstić information content (AvgIpc) is 2.83. The highest BCUT2D eigenvalue weighted by molar-refractivity contribution is 7.85. The molecule has 0 radical (unpaired) electrons. The molecule has 1 saturated heterocycles. The van der Waals surface area contributed by atoms with Crippen LogP contribution in [0.4, 0.5) is 0 Å². The van der Waals surface area contributed by atoms with Crippen LogP contribution in [0.5, 0.6) is 11.5 Å². The molecule has 1 aliphatic heterocycles. The van der Waals surface area contributed by atoms with Gasteiger partial charge < -0.3 is 18.9 Å². The van der Waals surface area contributed by atoms with Gasteiger partial charge in [0.1, 0.15) is 11.5 Å². The van der Waals surface area contributed by atoms with Crippen molar-refractivity contribution >= 4 is 10.1 Å². The zero-order valence-electron chi connectivity index (χ0n) is 20.3. The number of benzene rings is 2. The smallest absolute Gasteiger partial charge is 0.118 e. The summed E-state index contributed by atoms with van der Waals surface area (Å²) in [5.41, 5.74) is 2.81. The number of hydrogen-bond donors (Lipinski definition) is 0. The maximum Gasteiger partial charge on any atom is 0.118 e. The summed E-state index contributed by atoms with van der Waals surface area (Å²) in [7, 11) is 1.86. The molecule has 2 aromatic carbocycles. The maximum atomic E-state index is 9.44. The van der Waals surface area contributed by atoms with Gasteiger partial charge in [-0.1, -0.05) is 37.6 Å². The summed E-state index contributed by atoms with van der Waals surface area (Å²) in [5, 5.41) is 0. The molecule has 0 amide bonds. The number of rotatable bonds is 9. The van der Waals surface area contributed by atoms with Gasteiger partial charge in [-0.05, 0) is 81.0 Å². The van der Waals surface area contributed by atoms with Crippen LogP contribution in [0.25, 0.3) is 0 Å². The highest BCUT2D eigenvalue weighted by Gasteiger charge is 2.26. The van der Waals surface area contributed by atoms with Crippen molar-refractivity contribution in [1.82, 2.24) is 4.90 Å². The monoisotopic (exact) mass is 476 g/mol. The molecule has 7 heteroatoms. The Morgan fingerprint density at radius 1 is 0.848 bits per heavy atom. The van der Waals surface area contributed by atoms with Crippen molar-refractivity contribution in [3.63, 3.8) is 0 Å². The quantitative estimate of drug-likeness (QED) is 0.489. The Kier molecular flexibility index (Phi) is 11.2. The van der Waals surface area contributed by atoms with Crippen LogP contribution in [-0.2, 0) is 23.0 Å². The molecule has 33 heavy (non-hydrogen) atoms. The predicted octanol–water partition coefficient (Wildman–Crippen LogP) is 4.67. The fourth-order valence-electron chi connectivity index (χ4n) is 4.24. The molecule has 0 aromatic heterocycles. The second-order valence-electron chi connectivity index (χ2n) is 8.52. The second-order valence-corrected chi connectivity index (χ2v) is 10.2. The largest absolute Gasteiger partial charge is 0.748 e. The van der Waals surface area contributed by atoms with Crippen molar-refractivity contribution in [2.75, 3.05) is 27.0 Å². The molecular formula is C26H38NO5S-. The lowest BCUT2D eigenvalue weighted by atomic mass is 9.89. The van der Waals surface area contributed by atoms with Crippen LogP contribution in [0, 0.1) is 0 Å². The summed E-state index contributed by atoms with van der Waals surface area (Å²) < 4.78 is 38.8. The Labute approximate surface area is 199 Å². The minimum Gasteiger partial charge on any atom is -0.748 e. The van der Waals surface area contributed by atoms with Gasteiger partial charge in [-0.25, -0.2) is 8.42 Å². The molecule has 2 aromatic rings.